The molecule has 1 N–H and O–H groups in total. The number of rotatable bonds is 3. The number of benzene rings is 2. The summed E-state index contributed by atoms with van der Waals surface area (Å²) in [5.41, 5.74) is 2.69. The summed E-state index contributed by atoms with van der Waals surface area (Å²) < 4.78 is 6.25. The predicted octanol–water partition coefficient (Wildman–Crippen LogP) is 3.89. The van der Waals surface area contributed by atoms with Crippen molar-refractivity contribution < 1.29 is 4.74 Å². The molecule has 0 radical (unpaired) electrons. The van der Waals surface area contributed by atoms with E-state index in [1.54, 1.807) is 0 Å². The van der Waals surface area contributed by atoms with Gasteiger partial charge >= 0.3 is 0 Å². The highest BCUT2D eigenvalue weighted by atomic mass is 16.5. The number of hydrogen-bond acceptors (Lipinski definition) is 3. The second kappa shape index (κ2) is 6.06. The number of hydrogen-bond donors (Lipinski definition) is 1. The van der Waals surface area contributed by atoms with E-state index in [1.807, 2.05) is 48.5 Å². The van der Waals surface area contributed by atoms with E-state index >= 15 is 0 Å². The van der Waals surface area contributed by atoms with E-state index in [0.29, 0.717) is 17.6 Å². The molecule has 3 heteroatoms. The standard InChI is InChI=1S/C20H20N2O/c21-13-15-6-9-18(12-20(15)14-4-2-1-3-5-14)23-19-10-16-7-8-17(11-19)22-16/h1-6,9,12,16-17,19,22H,7-8,10-11H2. The molecule has 2 aromatic rings. The van der Waals surface area contributed by atoms with E-state index in [4.69, 9.17) is 4.74 Å². The Morgan fingerprint density at radius 3 is 2.43 bits per heavy atom. The van der Waals surface area contributed by atoms with Crippen LogP contribution in [0, 0.1) is 11.3 Å². The summed E-state index contributed by atoms with van der Waals surface area (Å²) in [5.74, 6) is 0.870. The van der Waals surface area contributed by atoms with Gasteiger partial charge in [-0.1, -0.05) is 30.3 Å². The average Bonchev–Trinajstić information content (AvgIpc) is 2.94. The Morgan fingerprint density at radius 1 is 1.00 bits per heavy atom. The first-order chi connectivity index (χ1) is 11.3. The summed E-state index contributed by atoms with van der Waals surface area (Å²) in [6.07, 6.45) is 4.99. The molecule has 0 amide bonds. The largest absolute Gasteiger partial charge is 0.490 e. The molecule has 2 saturated heterocycles. The van der Waals surface area contributed by atoms with Crippen molar-refractivity contribution in [2.45, 2.75) is 43.9 Å². The van der Waals surface area contributed by atoms with Crippen LogP contribution in [0.4, 0.5) is 0 Å². The first-order valence-corrected chi connectivity index (χ1v) is 8.34. The van der Waals surface area contributed by atoms with Gasteiger partial charge in [0, 0.05) is 17.6 Å². The Bertz CT molecular complexity index is 723. The third-order valence-electron chi connectivity index (χ3n) is 4.93. The number of piperidine rings is 1. The zero-order valence-corrected chi connectivity index (χ0v) is 13.0. The molecule has 2 bridgehead atoms. The molecule has 2 heterocycles. The average molecular weight is 304 g/mol. The molecular weight excluding hydrogens is 284 g/mol. The van der Waals surface area contributed by atoms with Crippen LogP contribution in [0.1, 0.15) is 31.2 Å². The lowest BCUT2D eigenvalue weighted by Crippen LogP contribution is -2.42. The molecule has 0 spiro atoms. The van der Waals surface area contributed by atoms with Gasteiger partial charge in [0.2, 0.25) is 0 Å². The van der Waals surface area contributed by atoms with Crippen LogP contribution in [0.3, 0.4) is 0 Å². The van der Waals surface area contributed by atoms with Gasteiger partial charge in [-0.05, 0) is 49.4 Å². The SMILES string of the molecule is N#Cc1ccc(OC2CC3CCC(C2)N3)cc1-c1ccccc1. The van der Waals surface area contributed by atoms with Gasteiger partial charge in [0.1, 0.15) is 11.9 Å². The molecule has 2 aliphatic heterocycles. The zero-order valence-electron chi connectivity index (χ0n) is 13.0. The molecule has 2 aromatic carbocycles. The maximum absolute atomic E-state index is 9.37. The summed E-state index contributed by atoms with van der Waals surface area (Å²) in [6.45, 7) is 0. The van der Waals surface area contributed by atoms with E-state index in [-0.39, 0.29) is 6.10 Å². The van der Waals surface area contributed by atoms with Gasteiger partial charge in [-0.3, -0.25) is 0 Å². The Labute approximate surface area is 136 Å². The van der Waals surface area contributed by atoms with Crippen LogP contribution in [-0.4, -0.2) is 18.2 Å². The summed E-state index contributed by atoms with van der Waals surface area (Å²) in [6, 6.07) is 19.4. The number of nitrogens with one attached hydrogen (secondary N) is 1. The van der Waals surface area contributed by atoms with Crippen molar-refractivity contribution in [3.63, 3.8) is 0 Å². The van der Waals surface area contributed by atoms with Crippen LogP contribution in [0.2, 0.25) is 0 Å². The van der Waals surface area contributed by atoms with Crippen LogP contribution in [-0.2, 0) is 0 Å². The van der Waals surface area contributed by atoms with Crippen LogP contribution < -0.4 is 10.1 Å². The van der Waals surface area contributed by atoms with Crippen LogP contribution in [0.25, 0.3) is 11.1 Å². The smallest absolute Gasteiger partial charge is 0.120 e. The van der Waals surface area contributed by atoms with Crippen LogP contribution in [0.15, 0.2) is 48.5 Å². The topological polar surface area (TPSA) is 45.0 Å². The lowest BCUT2D eigenvalue weighted by molar-refractivity contribution is 0.137. The van der Waals surface area contributed by atoms with Gasteiger partial charge in [-0.15, -0.1) is 0 Å². The highest BCUT2D eigenvalue weighted by Crippen LogP contribution is 2.32. The van der Waals surface area contributed by atoms with Crippen molar-refractivity contribution in [2.75, 3.05) is 0 Å². The van der Waals surface area contributed by atoms with Crippen molar-refractivity contribution in [3.8, 4) is 22.9 Å². The van der Waals surface area contributed by atoms with Gasteiger partial charge in [-0.25, -0.2) is 0 Å². The molecule has 2 aliphatic rings. The molecule has 2 unspecified atom stereocenters. The van der Waals surface area contributed by atoms with E-state index in [9.17, 15) is 5.26 Å². The molecule has 2 atom stereocenters. The molecule has 23 heavy (non-hydrogen) atoms. The molecule has 0 aromatic heterocycles. The second-order valence-corrected chi connectivity index (χ2v) is 6.53. The monoisotopic (exact) mass is 304 g/mol. The minimum atomic E-state index is 0.283. The summed E-state index contributed by atoms with van der Waals surface area (Å²) in [7, 11) is 0. The lowest BCUT2D eigenvalue weighted by Gasteiger charge is -2.29. The zero-order chi connectivity index (χ0) is 15.6. The van der Waals surface area contributed by atoms with E-state index < -0.39 is 0 Å². The van der Waals surface area contributed by atoms with Gasteiger partial charge in [-0.2, -0.15) is 5.26 Å². The lowest BCUT2D eigenvalue weighted by atomic mass is 9.99. The number of nitriles is 1. The molecule has 116 valence electrons. The van der Waals surface area contributed by atoms with E-state index in [0.717, 1.165) is 29.7 Å². The first-order valence-electron chi connectivity index (χ1n) is 8.34. The Hall–Kier alpha value is -2.31. The van der Waals surface area contributed by atoms with Crippen LogP contribution >= 0.6 is 0 Å². The van der Waals surface area contributed by atoms with E-state index in [1.165, 1.54) is 12.8 Å². The molecule has 0 aliphatic carbocycles. The van der Waals surface area contributed by atoms with Crippen LogP contribution in [0.5, 0.6) is 5.75 Å². The number of ether oxygens (including phenoxy) is 1. The predicted molar refractivity (Wildman–Crippen MR) is 90.2 cm³/mol. The Morgan fingerprint density at radius 2 is 1.74 bits per heavy atom. The van der Waals surface area contributed by atoms with Crippen molar-refractivity contribution in [3.05, 3.63) is 54.1 Å². The molecule has 0 saturated carbocycles. The Balaban J connectivity index is 1.59. The summed E-state index contributed by atoms with van der Waals surface area (Å²) in [4.78, 5) is 0. The van der Waals surface area contributed by atoms with Gasteiger partial charge in [0.25, 0.3) is 0 Å². The second-order valence-electron chi connectivity index (χ2n) is 6.53. The first kappa shape index (κ1) is 14.3. The van der Waals surface area contributed by atoms with Crippen molar-refractivity contribution in [2.24, 2.45) is 0 Å². The number of fused-ring (bicyclic) bond motifs is 2. The molecule has 4 rings (SSSR count). The summed E-state index contributed by atoms with van der Waals surface area (Å²) in [5, 5.41) is 13.0. The number of nitrogens with zero attached hydrogens (tertiary/aromatic N) is 1. The fourth-order valence-electron chi connectivity index (χ4n) is 3.84. The molecule has 3 nitrogen and oxygen atoms in total. The normalized spacial score (nSPS) is 25.8. The highest BCUT2D eigenvalue weighted by Gasteiger charge is 2.34. The third-order valence-corrected chi connectivity index (χ3v) is 4.93. The van der Waals surface area contributed by atoms with Gasteiger partial charge < -0.3 is 10.1 Å². The fraction of sp³-hybridized carbons (Fsp3) is 0.350. The summed E-state index contributed by atoms with van der Waals surface area (Å²) >= 11 is 0. The minimum Gasteiger partial charge on any atom is -0.490 e. The maximum Gasteiger partial charge on any atom is 0.120 e. The third kappa shape index (κ3) is 2.95. The fourth-order valence-corrected chi connectivity index (χ4v) is 3.84. The molecule has 2 fully saturated rings. The van der Waals surface area contributed by atoms with E-state index in [2.05, 4.69) is 11.4 Å². The highest BCUT2D eigenvalue weighted by molar-refractivity contribution is 5.71. The Kier molecular flexibility index (Phi) is 3.77. The van der Waals surface area contributed by atoms with Crippen molar-refractivity contribution in [1.82, 2.24) is 5.32 Å². The quantitative estimate of drug-likeness (QED) is 0.935. The van der Waals surface area contributed by atoms with Gasteiger partial charge in [0.15, 0.2) is 0 Å². The molecular formula is C20H20N2O. The maximum atomic E-state index is 9.37. The van der Waals surface area contributed by atoms with Crippen molar-refractivity contribution >= 4 is 0 Å². The minimum absolute atomic E-state index is 0.283. The van der Waals surface area contributed by atoms with Crippen molar-refractivity contribution in [1.29, 1.82) is 5.26 Å². The van der Waals surface area contributed by atoms with Gasteiger partial charge in [0.05, 0.1) is 11.6 Å².